The van der Waals surface area contributed by atoms with Gasteiger partial charge in [-0.1, -0.05) is 29.8 Å². The number of amides is 5. The van der Waals surface area contributed by atoms with Gasteiger partial charge in [0.05, 0.1) is 12.6 Å². The Balaban J connectivity index is 3.23. The van der Waals surface area contributed by atoms with Crippen LogP contribution in [0, 0.1) is 6.92 Å². The summed E-state index contributed by atoms with van der Waals surface area (Å²) in [5.74, 6) is -5.83. The van der Waals surface area contributed by atoms with Crippen molar-refractivity contribution in [1.82, 2.24) is 21.3 Å². The number of carbonyl (C=O) groups is 6. The summed E-state index contributed by atoms with van der Waals surface area (Å²) in [6, 6.07) is 0.284. The summed E-state index contributed by atoms with van der Waals surface area (Å²) in [4.78, 5) is 83.5. The average molecular weight is 707 g/mol. The van der Waals surface area contributed by atoms with Gasteiger partial charge in [-0.05, 0) is 44.6 Å². The van der Waals surface area contributed by atoms with Gasteiger partial charge in [-0.15, -0.1) is 0 Å². The van der Waals surface area contributed by atoms with E-state index in [-0.39, 0.29) is 70.0 Å². The summed E-state index contributed by atoms with van der Waals surface area (Å²) in [7, 11) is 0. The molecule has 0 radical (unpaired) electrons. The first-order valence-electron chi connectivity index (χ1n) is 15.8. The minimum Gasteiger partial charge on any atom is -0.480 e. The molecule has 0 unspecified atom stereocenters. The highest BCUT2D eigenvalue weighted by molar-refractivity contribution is 5.95. The van der Waals surface area contributed by atoms with E-state index in [1.54, 1.807) is 24.3 Å². The van der Waals surface area contributed by atoms with E-state index in [1.165, 1.54) is 0 Å². The largest absolute Gasteiger partial charge is 0.480 e. The average Bonchev–Trinajstić information content (AvgIpc) is 3.04. The molecule has 0 aromatic heterocycles. The normalized spacial score (nSPS) is 13.7. The fourth-order valence-corrected chi connectivity index (χ4v) is 4.42. The lowest BCUT2D eigenvalue weighted by atomic mass is 10.0. The number of aliphatic hydroxyl groups is 1. The van der Waals surface area contributed by atoms with Crippen molar-refractivity contribution in [3.05, 3.63) is 35.4 Å². The Kier molecular flexibility index (Phi) is 18.9. The molecule has 5 atom stereocenters. The van der Waals surface area contributed by atoms with Gasteiger partial charge in [-0.3, -0.25) is 34.0 Å². The number of nitrogens with two attached hydrogens (primary N) is 6. The van der Waals surface area contributed by atoms with E-state index in [4.69, 9.17) is 34.4 Å². The number of hydrogen-bond donors (Lipinski definition) is 12. The smallest absolute Gasteiger partial charge is 0.326 e. The van der Waals surface area contributed by atoms with E-state index in [1.807, 2.05) is 6.92 Å². The van der Waals surface area contributed by atoms with E-state index < -0.39 is 72.3 Å². The zero-order valence-electron chi connectivity index (χ0n) is 28.0. The van der Waals surface area contributed by atoms with Gasteiger partial charge in [-0.2, -0.15) is 0 Å². The van der Waals surface area contributed by atoms with Gasteiger partial charge in [0.25, 0.3) is 0 Å². The number of aryl methyl sites for hydroxylation is 1. The van der Waals surface area contributed by atoms with Crippen molar-refractivity contribution in [3.63, 3.8) is 0 Å². The number of carboxylic acid groups (broad SMARTS) is 1. The van der Waals surface area contributed by atoms with Crippen LogP contribution in [0.15, 0.2) is 34.3 Å². The minimum absolute atomic E-state index is 0.0111. The topological polar surface area (TPSA) is 372 Å². The van der Waals surface area contributed by atoms with Crippen LogP contribution in [0.3, 0.4) is 0 Å². The number of rotatable bonds is 23. The molecule has 0 saturated heterocycles. The predicted octanol–water partition coefficient (Wildman–Crippen LogP) is -4.75. The summed E-state index contributed by atoms with van der Waals surface area (Å²) < 4.78 is 0. The van der Waals surface area contributed by atoms with Crippen LogP contribution in [0.4, 0.5) is 0 Å². The Morgan fingerprint density at radius 3 is 1.64 bits per heavy atom. The first kappa shape index (κ1) is 42.5. The Labute approximate surface area is 289 Å². The van der Waals surface area contributed by atoms with Crippen molar-refractivity contribution < 1.29 is 39.0 Å². The molecule has 0 aliphatic heterocycles. The summed E-state index contributed by atoms with van der Waals surface area (Å²) in [5.41, 5.74) is 33.9. The molecule has 20 heteroatoms. The van der Waals surface area contributed by atoms with Gasteiger partial charge in [0, 0.05) is 25.9 Å². The molecule has 0 bridgehead atoms. The van der Waals surface area contributed by atoms with E-state index in [0.29, 0.717) is 5.56 Å². The monoisotopic (exact) mass is 706 g/mol. The molecule has 0 aliphatic carbocycles. The number of primary amides is 1. The number of nitrogens with zero attached hydrogens (tertiary/aromatic N) is 2. The summed E-state index contributed by atoms with van der Waals surface area (Å²) in [5, 5.41) is 29.3. The summed E-state index contributed by atoms with van der Waals surface area (Å²) in [6.07, 6.45) is 0.0640. The van der Waals surface area contributed by atoms with Crippen LogP contribution in [0.2, 0.25) is 0 Å². The highest BCUT2D eigenvalue weighted by atomic mass is 16.4. The fourth-order valence-electron chi connectivity index (χ4n) is 4.42. The Hall–Kier alpha value is -5.50. The highest BCUT2D eigenvalue weighted by Gasteiger charge is 2.31. The standard InChI is InChI=1S/C30H50N12O8/c1-16-6-8-17(9-7-16)14-21(26(47)42-22(15-43)27(48)40-20(28(49)50)5-3-13-38-30(35)36)41-25(46)19(4-2-12-37-29(33)34)39-24(45)18(31)10-11-23(32)44/h6-9,18-22,43H,2-5,10-15,31H2,1H3,(H2,32,44)(H,39,45)(H,40,48)(H,41,46)(H,42,47)(H,49,50)(H4,33,34,37)(H4,35,36,38)/t18-,19-,20-,21-,22-/m0/s1. The third kappa shape index (κ3) is 17.1. The van der Waals surface area contributed by atoms with Gasteiger partial charge in [0.1, 0.15) is 24.2 Å². The van der Waals surface area contributed by atoms with Gasteiger partial charge < -0.3 is 65.9 Å². The molecule has 0 saturated carbocycles. The second-order valence-corrected chi connectivity index (χ2v) is 11.5. The van der Waals surface area contributed by atoms with E-state index in [2.05, 4.69) is 31.3 Å². The molecular weight excluding hydrogens is 656 g/mol. The molecule has 1 aromatic rings. The fraction of sp³-hybridized carbons (Fsp3) is 0.533. The second-order valence-electron chi connectivity index (χ2n) is 11.5. The number of carbonyl (C=O) groups excluding carboxylic acids is 5. The number of carboxylic acids is 1. The third-order valence-electron chi connectivity index (χ3n) is 7.19. The van der Waals surface area contributed by atoms with Crippen molar-refractivity contribution in [2.75, 3.05) is 19.7 Å². The first-order chi connectivity index (χ1) is 23.5. The van der Waals surface area contributed by atoms with Crippen LogP contribution in [-0.2, 0) is 35.2 Å². The van der Waals surface area contributed by atoms with Crippen LogP contribution in [0.1, 0.15) is 49.7 Å². The maximum absolute atomic E-state index is 13.6. The zero-order valence-corrected chi connectivity index (χ0v) is 28.0. The molecule has 5 amide bonds. The summed E-state index contributed by atoms with van der Waals surface area (Å²) in [6.45, 7) is 1.17. The lowest BCUT2D eigenvalue weighted by molar-refractivity contribution is -0.142. The van der Waals surface area contributed by atoms with Gasteiger partial charge in [-0.25, -0.2) is 4.79 Å². The lowest BCUT2D eigenvalue weighted by Gasteiger charge is -2.26. The van der Waals surface area contributed by atoms with Crippen LogP contribution >= 0.6 is 0 Å². The predicted molar refractivity (Wildman–Crippen MR) is 184 cm³/mol. The molecule has 0 fully saturated rings. The Bertz CT molecular complexity index is 1360. The molecule has 0 aliphatic rings. The molecule has 1 rings (SSSR count). The third-order valence-corrected chi connectivity index (χ3v) is 7.19. The highest BCUT2D eigenvalue weighted by Crippen LogP contribution is 2.09. The maximum Gasteiger partial charge on any atom is 0.326 e. The van der Waals surface area contributed by atoms with Crippen molar-refractivity contribution in [2.24, 2.45) is 44.4 Å². The minimum atomic E-state index is -1.60. The maximum atomic E-state index is 13.6. The Morgan fingerprint density at radius 2 is 1.14 bits per heavy atom. The summed E-state index contributed by atoms with van der Waals surface area (Å²) >= 11 is 0. The first-order valence-corrected chi connectivity index (χ1v) is 15.8. The van der Waals surface area contributed by atoms with Crippen molar-refractivity contribution in [2.45, 2.75) is 82.1 Å². The Morgan fingerprint density at radius 1 is 0.680 bits per heavy atom. The van der Waals surface area contributed by atoms with Crippen molar-refractivity contribution >= 4 is 47.4 Å². The van der Waals surface area contributed by atoms with Crippen LogP contribution in [-0.4, -0.2) is 108 Å². The lowest BCUT2D eigenvalue weighted by Crippen LogP contribution is -2.59. The molecule has 18 N–H and O–H groups in total. The van der Waals surface area contributed by atoms with Crippen LogP contribution < -0.4 is 55.7 Å². The van der Waals surface area contributed by atoms with Gasteiger partial charge >= 0.3 is 5.97 Å². The molecule has 278 valence electrons. The van der Waals surface area contributed by atoms with E-state index in [0.717, 1.165) is 5.56 Å². The molecule has 1 aromatic carbocycles. The number of aliphatic carboxylic acids is 1. The SMILES string of the molecule is Cc1ccc(C[C@H](NC(=O)[C@H](CCCN=C(N)N)NC(=O)[C@@H](N)CCC(N)=O)C(=O)N[C@@H](CO)C(=O)N[C@@H](CCCN=C(N)N)C(=O)O)cc1. The second kappa shape index (κ2) is 22.2. The quantitative estimate of drug-likeness (QED) is 0.0289. The van der Waals surface area contributed by atoms with E-state index >= 15 is 0 Å². The van der Waals surface area contributed by atoms with Crippen LogP contribution in [0.25, 0.3) is 0 Å². The molecular formula is C30H50N12O8. The van der Waals surface area contributed by atoms with Crippen molar-refractivity contribution in [1.29, 1.82) is 0 Å². The van der Waals surface area contributed by atoms with Crippen LogP contribution in [0.5, 0.6) is 0 Å². The zero-order chi connectivity index (χ0) is 37.8. The van der Waals surface area contributed by atoms with Gasteiger partial charge in [0.15, 0.2) is 11.9 Å². The van der Waals surface area contributed by atoms with Gasteiger partial charge in [0.2, 0.25) is 29.5 Å². The van der Waals surface area contributed by atoms with Crippen molar-refractivity contribution in [3.8, 4) is 0 Å². The number of aliphatic hydroxyl groups excluding tert-OH is 1. The number of hydrogen-bond acceptors (Lipinski definition) is 10. The molecule has 0 spiro atoms. The molecule has 20 nitrogen and oxygen atoms in total. The number of guanidine groups is 2. The molecule has 50 heavy (non-hydrogen) atoms. The van der Waals surface area contributed by atoms with E-state index in [9.17, 15) is 39.0 Å². The number of nitrogens with one attached hydrogen (secondary N) is 4. The number of aliphatic imine (C=N–C) groups is 2. The number of benzene rings is 1. The molecule has 0 heterocycles.